The molecule has 1 aliphatic heterocycles. The fraction of sp³-hybridized carbons (Fsp3) is 0.889. The predicted molar refractivity (Wildman–Crippen MR) is 48.7 cm³/mol. The summed E-state index contributed by atoms with van der Waals surface area (Å²) in [7, 11) is 1.93. The maximum atomic E-state index is 11.1. The molecule has 0 radical (unpaired) electrons. The van der Waals surface area contributed by atoms with Gasteiger partial charge in [-0.3, -0.25) is 4.79 Å². The predicted octanol–water partition coefficient (Wildman–Crippen LogP) is 0.429. The van der Waals surface area contributed by atoms with Gasteiger partial charge in [0.15, 0.2) is 0 Å². The first-order valence-corrected chi connectivity index (χ1v) is 4.60. The van der Waals surface area contributed by atoms with Crippen LogP contribution in [0.2, 0.25) is 0 Å². The van der Waals surface area contributed by atoms with Crippen molar-refractivity contribution < 1.29 is 14.6 Å². The first kappa shape index (κ1) is 10.5. The van der Waals surface area contributed by atoms with Crippen molar-refractivity contribution in [3.05, 3.63) is 0 Å². The Labute approximate surface area is 78.5 Å². The maximum Gasteiger partial charge on any atom is 0.313 e. The molecule has 1 saturated heterocycles. The minimum Gasteiger partial charge on any atom is -0.481 e. The molecule has 0 aromatic carbocycles. The van der Waals surface area contributed by atoms with Crippen LogP contribution in [0.5, 0.6) is 0 Å². The molecule has 1 atom stereocenters. The molecule has 1 aliphatic rings. The zero-order valence-electron chi connectivity index (χ0n) is 8.25. The van der Waals surface area contributed by atoms with Gasteiger partial charge in [0.1, 0.15) is 5.41 Å². The van der Waals surface area contributed by atoms with E-state index in [1.807, 2.05) is 18.9 Å². The molecule has 1 N–H and O–H groups in total. The van der Waals surface area contributed by atoms with Crippen LogP contribution in [0.4, 0.5) is 0 Å². The van der Waals surface area contributed by atoms with Crippen molar-refractivity contribution in [2.24, 2.45) is 5.41 Å². The van der Waals surface area contributed by atoms with Crippen molar-refractivity contribution in [2.45, 2.75) is 13.3 Å². The molecule has 0 spiro atoms. The van der Waals surface area contributed by atoms with Gasteiger partial charge in [-0.2, -0.15) is 0 Å². The smallest absolute Gasteiger partial charge is 0.313 e. The molecule has 4 nitrogen and oxygen atoms in total. The number of nitrogens with zero attached hydrogens (tertiary/aromatic N) is 1. The van der Waals surface area contributed by atoms with Crippen LogP contribution in [-0.2, 0) is 9.53 Å². The lowest BCUT2D eigenvalue weighted by atomic mass is 9.87. The normalized spacial score (nSPS) is 28.2. The van der Waals surface area contributed by atoms with Gasteiger partial charge in [0.05, 0.1) is 6.61 Å². The monoisotopic (exact) mass is 187 g/mol. The number of hydrogen-bond donors (Lipinski definition) is 1. The fourth-order valence-corrected chi connectivity index (χ4v) is 1.60. The van der Waals surface area contributed by atoms with Gasteiger partial charge in [0.25, 0.3) is 0 Å². The Bertz CT molecular complexity index is 187. The summed E-state index contributed by atoms with van der Waals surface area (Å²) in [5.74, 6) is -0.731. The molecule has 1 heterocycles. The van der Waals surface area contributed by atoms with E-state index in [-0.39, 0.29) is 0 Å². The van der Waals surface area contributed by atoms with Gasteiger partial charge in [-0.25, -0.2) is 0 Å². The first-order chi connectivity index (χ1) is 6.10. The Morgan fingerprint density at radius 1 is 1.69 bits per heavy atom. The lowest BCUT2D eigenvalue weighted by Crippen LogP contribution is -2.42. The third kappa shape index (κ3) is 2.19. The molecular weight excluding hydrogens is 170 g/mol. The summed E-state index contributed by atoms with van der Waals surface area (Å²) in [6.07, 6.45) is 0.632. The number of rotatable bonds is 4. The third-order valence-corrected chi connectivity index (χ3v) is 2.67. The summed E-state index contributed by atoms with van der Waals surface area (Å²) in [6, 6.07) is 0. The number of carbonyl (C=O) groups is 1. The number of hydrogen-bond acceptors (Lipinski definition) is 3. The highest BCUT2D eigenvalue weighted by Gasteiger charge is 2.43. The van der Waals surface area contributed by atoms with Crippen molar-refractivity contribution in [3.8, 4) is 0 Å². The minimum atomic E-state index is -0.731. The standard InChI is InChI=1S/C9H17NO3/c1-3-10(2)6-9(8(11)12)4-5-13-7-9/h3-7H2,1-2H3,(H,11,12). The van der Waals surface area contributed by atoms with E-state index in [4.69, 9.17) is 9.84 Å². The molecule has 1 unspecified atom stereocenters. The molecule has 0 aromatic rings. The Balaban J connectivity index is 2.62. The van der Waals surface area contributed by atoms with Crippen molar-refractivity contribution in [1.82, 2.24) is 4.90 Å². The molecule has 1 rings (SSSR count). The SMILES string of the molecule is CCN(C)CC1(C(=O)O)CCOC1. The maximum absolute atomic E-state index is 11.1. The van der Waals surface area contributed by atoms with Gasteiger partial charge in [0, 0.05) is 13.2 Å². The Hall–Kier alpha value is -0.610. The highest BCUT2D eigenvalue weighted by Crippen LogP contribution is 2.29. The van der Waals surface area contributed by atoms with Gasteiger partial charge in [-0.1, -0.05) is 6.92 Å². The second-order valence-corrected chi connectivity index (χ2v) is 3.72. The van der Waals surface area contributed by atoms with Crippen LogP contribution < -0.4 is 0 Å². The van der Waals surface area contributed by atoms with Gasteiger partial charge < -0.3 is 14.7 Å². The molecule has 4 heteroatoms. The summed E-state index contributed by atoms with van der Waals surface area (Å²) in [4.78, 5) is 13.1. The van der Waals surface area contributed by atoms with Gasteiger partial charge >= 0.3 is 5.97 Å². The lowest BCUT2D eigenvalue weighted by Gasteiger charge is -2.27. The van der Waals surface area contributed by atoms with Crippen molar-refractivity contribution in [1.29, 1.82) is 0 Å². The summed E-state index contributed by atoms with van der Waals surface area (Å²) >= 11 is 0. The summed E-state index contributed by atoms with van der Waals surface area (Å²) in [5, 5.41) is 9.10. The minimum absolute atomic E-state index is 0.354. The van der Waals surface area contributed by atoms with Crippen LogP contribution in [0.3, 0.4) is 0 Å². The topological polar surface area (TPSA) is 49.8 Å². The van der Waals surface area contributed by atoms with Crippen LogP contribution in [-0.4, -0.2) is 49.3 Å². The van der Waals surface area contributed by atoms with E-state index in [1.54, 1.807) is 0 Å². The summed E-state index contributed by atoms with van der Waals surface area (Å²) < 4.78 is 5.16. The zero-order chi connectivity index (χ0) is 9.90. The molecule has 13 heavy (non-hydrogen) atoms. The van der Waals surface area contributed by atoms with Gasteiger partial charge in [-0.15, -0.1) is 0 Å². The van der Waals surface area contributed by atoms with Crippen molar-refractivity contribution in [2.75, 3.05) is 33.4 Å². The molecular formula is C9H17NO3. The summed E-state index contributed by atoms with van der Waals surface area (Å²) in [5.41, 5.74) is -0.662. The molecule has 1 fully saturated rings. The largest absolute Gasteiger partial charge is 0.481 e. The summed E-state index contributed by atoms with van der Waals surface area (Å²) in [6.45, 7) is 4.40. The molecule has 0 bridgehead atoms. The van der Waals surface area contributed by atoms with Gasteiger partial charge in [-0.05, 0) is 20.0 Å². The second-order valence-electron chi connectivity index (χ2n) is 3.72. The lowest BCUT2D eigenvalue weighted by molar-refractivity contribution is -0.150. The van der Waals surface area contributed by atoms with E-state index in [0.29, 0.717) is 26.2 Å². The third-order valence-electron chi connectivity index (χ3n) is 2.67. The number of carboxylic acid groups (broad SMARTS) is 1. The van der Waals surface area contributed by atoms with E-state index in [0.717, 1.165) is 6.54 Å². The highest BCUT2D eigenvalue weighted by atomic mass is 16.5. The second kappa shape index (κ2) is 4.07. The fourth-order valence-electron chi connectivity index (χ4n) is 1.60. The van der Waals surface area contributed by atoms with Crippen LogP contribution in [0.15, 0.2) is 0 Å². The molecule has 0 aromatic heterocycles. The molecule has 0 saturated carbocycles. The van der Waals surface area contributed by atoms with E-state index in [1.165, 1.54) is 0 Å². The molecule has 0 amide bonds. The molecule has 0 aliphatic carbocycles. The van der Waals surface area contributed by atoms with Crippen LogP contribution in [0.25, 0.3) is 0 Å². The van der Waals surface area contributed by atoms with E-state index in [2.05, 4.69) is 0 Å². The Morgan fingerprint density at radius 3 is 2.77 bits per heavy atom. The zero-order valence-corrected chi connectivity index (χ0v) is 8.25. The Kier molecular flexibility index (Phi) is 3.27. The van der Waals surface area contributed by atoms with Crippen LogP contribution >= 0.6 is 0 Å². The highest BCUT2D eigenvalue weighted by molar-refractivity contribution is 5.75. The molecule has 76 valence electrons. The Morgan fingerprint density at radius 2 is 2.38 bits per heavy atom. The van der Waals surface area contributed by atoms with Gasteiger partial charge in [0.2, 0.25) is 0 Å². The number of ether oxygens (including phenoxy) is 1. The quantitative estimate of drug-likeness (QED) is 0.693. The number of carboxylic acids is 1. The van der Waals surface area contributed by atoms with E-state index < -0.39 is 11.4 Å². The number of aliphatic carboxylic acids is 1. The first-order valence-electron chi connectivity index (χ1n) is 4.60. The van der Waals surface area contributed by atoms with E-state index >= 15 is 0 Å². The average molecular weight is 187 g/mol. The van der Waals surface area contributed by atoms with Crippen LogP contribution in [0, 0.1) is 5.41 Å². The van der Waals surface area contributed by atoms with E-state index in [9.17, 15) is 4.79 Å². The average Bonchev–Trinajstić information content (AvgIpc) is 2.54. The van der Waals surface area contributed by atoms with Crippen molar-refractivity contribution in [3.63, 3.8) is 0 Å². The van der Waals surface area contributed by atoms with Crippen LogP contribution in [0.1, 0.15) is 13.3 Å². The van der Waals surface area contributed by atoms with Crippen molar-refractivity contribution >= 4 is 5.97 Å².